The van der Waals surface area contributed by atoms with Crippen LogP contribution < -0.4 is 21.3 Å². The first-order chi connectivity index (χ1) is 26.0. The zero-order valence-corrected chi connectivity index (χ0v) is 32.8. The van der Waals surface area contributed by atoms with Crippen molar-refractivity contribution >= 4 is 64.8 Å². The van der Waals surface area contributed by atoms with Gasteiger partial charge in [-0.15, -0.1) is 23.5 Å². The van der Waals surface area contributed by atoms with Gasteiger partial charge in [-0.25, -0.2) is 4.79 Å². The smallest absolute Gasteiger partial charge is 0.330 e. The molecule has 5 rings (SSSR count). The molecule has 5 N–H and O–H groups in total. The first kappa shape index (κ1) is 41.6. The Morgan fingerprint density at radius 1 is 0.852 bits per heavy atom. The number of carbonyl (C=O) groups is 7. The van der Waals surface area contributed by atoms with Crippen molar-refractivity contribution in [1.82, 2.24) is 26.2 Å². The number of likely N-dealkylation sites (tertiary alicyclic amines) is 1. The van der Waals surface area contributed by atoms with Crippen molar-refractivity contribution < 1.29 is 38.7 Å². The Morgan fingerprint density at radius 2 is 1.52 bits per heavy atom. The summed E-state index contributed by atoms with van der Waals surface area (Å²) in [6, 6.07) is 3.89. The summed E-state index contributed by atoms with van der Waals surface area (Å²) in [5.74, 6) is -2.94. The van der Waals surface area contributed by atoms with Crippen molar-refractivity contribution in [1.29, 1.82) is 0 Å². The summed E-state index contributed by atoms with van der Waals surface area (Å²) in [6.07, 6.45) is 11.3. The minimum atomic E-state index is -1.35. The number of hydrogen-bond donors (Lipinski definition) is 5. The van der Waals surface area contributed by atoms with E-state index < -0.39 is 64.3 Å². The topological polar surface area (TPSA) is 191 Å². The van der Waals surface area contributed by atoms with Crippen LogP contribution in [0.4, 0.5) is 0 Å². The van der Waals surface area contributed by atoms with Gasteiger partial charge in [0.1, 0.15) is 12.1 Å². The van der Waals surface area contributed by atoms with E-state index in [0.29, 0.717) is 37.3 Å². The SMILES string of the molecule is CCCC(NC(=O)C1CC2(CN1C(=O)C(NC(=O)CC1CCCC1)C1CCCCC1)SCCCS2)C(=O)C(=O)NCC(=O)NC(C(=O)O)c1ccccc1. The van der Waals surface area contributed by atoms with E-state index in [1.54, 1.807) is 58.8 Å². The summed E-state index contributed by atoms with van der Waals surface area (Å²) in [7, 11) is 0. The molecule has 4 fully saturated rings. The maximum Gasteiger partial charge on any atom is 0.330 e. The molecule has 4 atom stereocenters. The van der Waals surface area contributed by atoms with Gasteiger partial charge in [0.05, 0.1) is 16.7 Å². The second-order valence-corrected chi connectivity index (χ2v) is 18.3. The van der Waals surface area contributed by atoms with Crippen LogP contribution in [0.5, 0.6) is 0 Å². The highest BCUT2D eigenvalue weighted by Crippen LogP contribution is 2.50. The van der Waals surface area contributed by atoms with E-state index in [0.717, 1.165) is 75.7 Å². The molecule has 15 heteroatoms. The van der Waals surface area contributed by atoms with Crippen molar-refractivity contribution in [3.05, 3.63) is 35.9 Å². The molecule has 5 amide bonds. The summed E-state index contributed by atoms with van der Waals surface area (Å²) in [6.45, 7) is 1.50. The second kappa shape index (κ2) is 19.8. The Kier molecular flexibility index (Phi) is 15.3. The van der Waals surface area contributed by atoms with E-state index in [1.165, 1.54) is 0 Å². The fraction of sp³-hybridized carbons (Fsp3) is 0.667. The third-order valence-electron chi connectivity index (χ3n) is 11.1. The lowest BCUT2D eigenvalue weighted by molar-refractivity contribution is -0.144. The van der Waals surface area contributed by atoms with Gasteiger partial charge < -0.3 is 31.3 Å². The van der Waals surface area contributed by atoms with Crippen LogP contribution in [-0.2, 0) is 33.6 Å². The third-order valence-corrected chi connectivity index (χ3v) is 14.4. The van der Waals surface area contributed by atoms with Crippen molar-refractivity contribution in [2.24, 2.45) is 11.8 Å². The molecule has 1 spiro atoms. The number of carbonyl (C=O) groups excluding carboxylic acids is 6. The predicted molar refractivity (Wildman–Crippen MR) is 207 cm³/mol. The summed E-state index contributed by atoms with van der Waals surface area (Å²) in [4.78, 5) is 94.8. The highest BCUT2D eigenvalue weighted by atomic mass is 32.2. The summed E-state index contributed by atoms with van der Waals surface area (Å²) in [5, 5.41) is 20.2. The number of nitrogens with one attached hydrogen (secondary N) is 4. The number of carboxylic acid groups (broad SMARTS) is 1. The fourth-order valence-corrected chi connectivity index (χ4v) is 11.6. The zero-order valence-electron chi connectivity index (χ0n) is 31.1. The number of thioether (sulfide) groups is 2. The van der Waals surface area contributed by atoms with E-state index in [2.05, 4.69) is 21.3 Å². The van der Waals surface area contributed by atoms with Crippen LogP contribution in [0.1, 0.15) is 108 Å². The molecule has 2 saturated carbocycles. The molecule has 13 nitrogen and oxygen atoms in total. The number of nitrogens with zero attached hydrogens (tertiary/aromatic N) is 1. The minimum Gasteiger partial charge on any atom is -0.479 e. The lowest BCUT2D eigenvalue weighted by atomic mass is 9.83. The average Bonchev–Trinajstić information content (AvgIpc) is 3.83. The van der Waals surface area contributed by atoms with Gasteiger partial charge in [0.2, 0.25) is 29.4 Å². The van der Waals surface area contributed by atoms with Crippen LogP contribution in [0.25, 0.3) is 0 Å². The maximum absolute atomic E-state index is 14.7. The van der Waals surface area contributed by atoms with Crippen LogP contribution in [0.2, 0.25) is 0 Å². The third kappa shape index (κ3) is 11.0. The normalized spacial score (nSPS) is 21.8. The van der Waals surface area contributed by atoms with Gasteiger partial charge in [0.15, 0.2) is 6.04 Å². The molecule has 0 aromatic heterocycles. The Morgan fingerprint density at radius 3 is 2.17 bits per heavy atom. The first-order valence-electron chi connectivity index (χ1n) is 19.6. The average molecular weight is 786 g/mol. The highest BCUT2D eigenvalue weighted by Gasteiger charge is 2.52. The Balaban J connectivity index is 1.27. The van der Waals surface area contributed by atoms with Crippen LogP contribution in [-0.4, -0.2) is 98.1 Å². The molecule has 2 saturated heterocycles. The number of Topliss-reactive ketones (excluding diaryl/α,β-unsaturated/α-hetero) is 1. The highest BCUT2D eigenvalue weighted by molar-refractivity contribution is 8.18. The summed E-state index contributed by atoms with van der Waals surface area (Å²) >= 11 is 3.50. The number of ketones is 1. The maximum atomic E-state index is 14.7. The molecule has 2 heterocycles. The second-order valence-electron chi connectivity index (χ2n) is 15.1. The number of aliphatic carboxylic acids is 1. The largest absolute Gasteiger partial charge is 0.479 e. The van der Waals surface area contributed by atoms with Crippen molar-refractivity contribution in [2.45, 2.75) is 125 Å². The molecule has 4 aliphatic rings. The van der Waals surface area contributed by atoms with Gasteiger partial charge in [-0.1, -0.05) is 75.8 Å². The molecule has 2 aliphatic carbocycles. The molecule has 54 heavy (non-hydrogen) atoms. The van der Waals surface area contributed by atoms with E-state index in [1.807, 2.05) is 6.92 Å². The monoisotopic (exact) mass is 785 g/mol. The molecule has 0 bridgehead atoms. The van der Waals surface area contributed by atoms with Crippen LogP contribution in [0.3, 0.4) is 0 Å². The van der Waals surface area contributed by atoms with Gasteiger partial charge in [0.25, 0.3) is 5.91 Å². The first-order valence-corrected chi connectivity index (χ1v) is 21.5. The molecule has 4 unspecified atom stereocenters. The van der Waals surface area contributed by atoms with E-state index in [9.17, 15) is 38.7 Å². The van der Waals surface area contributed by atoms with E-state index >= 15 is 0 Å². The van der Waals surface area contributed by atoms with Crippen molar-refractivity contribution in [2.75, 3.05) is 24.6 Å². The Hall–Kier alpha value is -3.59. The van der Waals surface area contributed by atoms with Crippen LogP contribution >= 0.6 is 23.5 Å². The van der Waals surface area contributed by atoms with E-state index in [-0.39, 0.29) is 24.2 Å². The molecular weight excluding hydrogens is 731 g/mol. The quantitative estimate of drug-likeness (QED) is 0.155. The summed E-state index contributed by atoms with van der Waals surface area (Å²) < 4.78 is -0.399. The number of benzene rings is 1. The van der Waals surface area contributed by atoms with Gasteiger partial charge in [-0.05, 0) is 67.4 Å². The van der Waals surface area contributed by atoms with Crippen molar-refractivity contribution in [3.8, 4) is 0 Å². The summed E-state index contributed by atoms with van der Waals surface area (Å²) in [5.41, 5.74) is 0.342. The van der Waals surface area contributed by atoms with Gasteiger partial charge >= 0.3 is 5.97 Å². The Labute approximate surface area is 326 Å². The fourth-order valence-electron chi connectivity index (χ4n) is 8.24. The lowest BCUT2D eigenvalue weighted by Crippen LogP contribution is -2.58. The molecular formula is C39H55N5O8S2. The van der Waals surface area contributed by atoms with Gasteiger partial charge in [0, 0.05) is 19.4 Å². The number of amides is 5. The Bertz CT molecular complexity index is 1510. The lowest BCUT2D eigenvalue weighted by Gasteiger charge is -2.36. The van der Waals surface area contributed by atoms with Crippen molar-refractivity contribution in [3.63, 3.8) is 0 Å². The van der Waals surface area contributed by atoms with E-state index in [4.69, 9.17) is 0 Å². The molecule has 2 aliphatic heterocycles. The molecule has 1 aromatic rings. The minimum absolute atomic E-state index is 0.0283. The van der Waals surface area contributed by atoms with Crippen LogP contribution in [0.15, 0.2) is 30.3 Å². The standard InChI is InChI=1S/C39H55N5O8S2/c1-2-12-28(34(47)36(49)40-23-31(46)43-33(38(51)52)27-17-7-4-8-18-27)41-35(48)29-22-39(53-19-11-20-54-39)24-44(29)37(50)32(26-15-5-3-6-16-26)42-30(45)21-25-13-9-10-14-25/h4,7-8,17-18,25-26,28-29,32-33H,2-3,5-6,9-16,19-24H2,1H3,(H,40,49)(H,41,48)(H,42,45)(H,43,46)(H,51,52). The van der Waals surface area contributed by atoms with Gasteiger partial charge in [-0.2, -0.15) is 0 Å². The number of carboxylic acids is 1. The molecule has 296 valence electrons. The zero-order chi connectivity index (χ0) is 38.7. The number of hydrogen-bond acceptors (Lipinski definition) is 9. The van der Waals surface area contributed by atoms with Gasteiger partial charge in [-0.3, -0.25) is 28.8 Å². The molecule has 1 aromatic carbocycles. The number of rotatable bonds is 16. The van der Waals surface area contributed by atoms with Crippen LogP contribution in [0, 0.1) is 11.8 Å². The predicted octanol–water partition coefficient (Wildman–Crippen LogP) is 3.71. The molecule has 0 radical (unpaired) electrons.